The average molecular weight is 339 g/mol. The van der Waals surface area contributed by atoms with E-state index in [1.807, 2.05) is 25.7 Å². The second-order valence-electron chi connectivity index (χ2n) is 6.63. The minimum Gasteiger partial charge on any atom is -0.444 e. The Bertz CT molecular complexity index is 659. The van der Waals surface area contributed by atoms with Crippen molar-refractivity contribution in [3.8, 4) is 0 Å². The van der Waals surface area contributed by atoms with E-state index in [1.54, 1.807) is 17.0 Å². The molecule has 1 fully saturated rings. The smallest absolute Gasteiger partial charge is 0.410 e. The fourth-order valence-electron chi connectivity index (χ4n) is 2.71. The number of hydrogen-bond donors (Lipinski definition) is 1. The second-order valence-corrected chi connectivity index (χ2v) is 7.02. The quantitative estimate of drug-likeness (QED) is 0.733. The lowest BCUT2D eigenvalue weighted by molar-refractivity contribution is -0.118. The van der Waals surface area contributed by atoms with E-state index in [0.29, 0.717) is 29.7 Å². The maximum absolute atomic E-state index is 12.3. The zero-order valence-electron chi connectivity index (χ0n) is 13.3. The Balaban J connectivity index is 1.80. The molecule has 1 aromatic heterocycles. The molecule has 1 saturated heterocycles. The van der Waals surface area contributed by atoms with Crippen molar-refractivity contribution in [1.82, 2.24) is 9.88 Å². The van der Waals surface area contributed by atoms with E-state index in [-0.39, 0.29) is 12.5 Å². The van der Waals surface area contributed by atoms with Gasteiger partial charge in [-0.3, -0.25) is 4.79 Å². The predicted octanol–water partition coefficient (Wildman–Crippen LogP) is 2.11. The topological polar surface area (TPSA) is 74.8 Å². The first-order chi connectivity index (χ1) is 10.7. The number of carbonyl (C=O) groups is 2. The van der Waals surface area contributed by atoms with Gasteiger partial charge in [0.15, 0.2) is 5.82 Å². The molecule has 2 amide bonds. The molecule has 1 aromatic rings. The molecular weight excluding hydrogens is 320 g/mol. The van der Waals surface area contributed by atoms with Crippen molar-refractivity contribution in [1.29, 1.82) is 0 Å². The van der Waals surface area contributed by atoms with E-state index >= 15 is 0 Å². The molecule has 0 bridgehead atoms. The van der Waals surface area contributed by atoms with Crippen molar-refractivity contribution in [2.24, 2.45) is 0 Å². The number of fused-ring (bicyclic) bond motifs is 3. The van der Waals surface area contributed by atoms with Crippen LogP contribution in [-0.2, 0) is 9.53 Å². The van der Waals surface area contributed by atoms with Crippen molar-refractivity contribution < 1.29 is 14.3 Å². The number of amides is 2. The summed E-state index contributed by atoms with van der Waals surface area (Å²) >= 11 is 5.96. The van der Waals surface area contributed by atoms with Gasteiger partial charge < -0.3 is 19.9 Å². The van der Waals surface area contributed by atoms with Gasteiger partial charge in [0.05, 0.1) is 12.2 Å². The number of halogens is 1. The Kier molecular flexibility index (Phi) is 3.83. The van der Waals surface area contributed by atoms with E-state index in [1.165, 1.54) is 0 Å². The van der Waals surface area contributed by atoms with Crippen molar-refractivity contribution in [3.63, 3.8) is 0 Å². The number of aromatic nitrogens is 1. The van der Waals surface area contributed by atoms with Crippen LogP contribution in [0, 0.1) is 0 Å². The Hall–Kier alpha value is -2.02. The zero-order valence-corrected chi connectivity index (χ0v) is 14.1. The molecule has 3 rings (SSSR count). The van der Waals surface area contributed by atoms with Crippen LogP contribution in [0.3, 0.4) is 0 Å². The Morgan fingerprint density at radius 1 is 1.39 bits per heavy atom. The number of carbonyl (C=O) groups excluding carboxylic acids is 2. The van der Waals surface area contributed by atoms with Crippen molar-refractivity contribution in [2.45, 2.75) is 32.4 Å². The number of hydrogen-bond acceptors (Lipinski definition) is 5. The molecule has 23 heavy (non-hydrogen) atoms. The minimum atomic E-state index is -0.565. The second kappa shape index (κ2) is 5.56. The summed E-state index contributed by atoms with van der Waals surface area (Å²) in [6.07, 6.45) is -0.408. The molecule has 7 nitrogen and oxygen atoms in total. The van der Waals surface area contributed by atoms with Crippen LogP contribution in [0.15, 0.2) is 12.1 Å². The number of rotatable bonds is 0. The third-order valence-corrected chi connectivity index (χ3v) is 3.92. The van der Waals surface area contributed by atoms with E-state index in [0.717, 1.165) is 0 Å². The molecule has 0 spiro atoms. The number of ether oxygens (including phenoxy) is 1. The Labute approximate surface area is 139 Å². The van der Waals surface area contributed by atoms with Gasteiger partial charge in [0.2, 0.25) is 5.91 Å². The van der Waals surface area contributed by atoms with Crippen molar-refractivity contribution in [3.05, 3.63) is 17.3 Å². The van der Waals surface area contributed by atoms with Crippen molar-refractivity contribution in [2.75, 3.05) is 29.9 Å². The maximum Gasteiger partial charge on any atom is 0.410 e. The van der Waals surface area contributed by atoms with Crippen LogP contribution >= 0.6 is 11.6 Å². The van der Waals surface area contributed by atoms with Crippen LogP contribution in [-0.4, -0.2) is 53.2 Å². The standard InChI is InChI=1S/C15H19ClN4O3/c1-15(2,3)23-14(22)19-6-7-20-10(8-19)13(21)17-9-4-5-11(16)18-12(9)20/h4-5,10H,6-8H2,1-3H3,(H,17,21). The van der Waals surface area contributed by atoms with Gasteiger partial charge in [-0.2, -0.15) is 0 Å². The maximum atomic E-state index is 12.3. The van der Waals surface area contributed by atoms with Gasteiger partial charge in [-0.05, 0) is 32.9 Å². The fourth-order valence-corrected chi connectivity index (χ4v) is 2.85. The molecular formula is C15H19ClN4O3. The van der Waals surface area contributed by atoms with Crippen LogP contribution in [0.5, 0.6) is 0 Å². The third kappa shape index (κ3) is 3.19. The van der Waals surface area contributed by atoms with Crippen LogP contribution in [0.2, 0.25) is 5.15 Å². The first kappa shape index (κ1) is 15.9. The largest absolute Gasteiger partial charge is 0.444 e. The molecule has 1 atom stereocenters. The van der Waals surface area contributed by atoms with Gasteiger partial charge in [-0.1, -0.05) is 11.6 Å². The molecule has 0 aliphatic carbocycles. The Morgan fingerprint density at radius 3 is 2.83 bits per heavy atom. The summed E-state index contributed by atoms with van der Waals surface area (Å²) in [4.78, 5) is 32.3. The number of nitrogens with one attached hydrogen (secondary N) is 1. The number of anilines is 2. The SMILES string of the molecule is CC(C)(C)OC(=O)N1CCN2c3nc(Cl)ccc3NC(=O)C2C1. The highest BCUT2D eigenvalue weighted by Crippen LogP contribution is 2.33. The van der Waals surface area contributed by atoms with E-state index < -0.39 is 17.7 Å². The van der Waals surface area contributed by atoms with Crippen LogP contribution in [0.4, 0.5) is 16.3 Å². The van der Waals surface area contributed by atoms with Crippen LogP contribution < -0.4 is 10.2 Å². The van der Waals surface area contributed by atoms with Gasteiger partial charge >= 0.3 is 6.09 Å². The van der Waals surface area contributed by atoms with E-state index in [9.17, 15) is 9.59 Å². The number of piperazine rings is 1. The van der Waals surface area contributed by atoms with Gasteiger partial charge in [-0.15, -0.1) is 0 Å². The summed E-state index contributed by atoms with van der Waals surface area (Å²) in [5, 5.41) is 3.18. The fraction of sp³-hybridized carbons (Fsp3) is 0.533. The Morgan fingerprint density at radius 2 is 2.13 bits per heavy atom. The van der Waals surface area contributed by atoms with Crippen LogP contribution in [0.25, 0.3) is 0 Å². The summed E-state index contributed by atoms with van der Waals surface area (Å²) in [7, 11) is 0. The lowest BCUT2D eigenvalue weighted by atomic mass is 10.1. The first-order valence-corrected chi connectivity index (χ1v) is 7.84. The summed E-state index contributed by atoms with van der Waals surface area (Å²) in [5.74, 6) is 0.487. The summed E-state index contributed by atoms with van der Waals surface area (Å²) in [5.41, 5.74) is 0.0754. The molecule has 8 heteroatoms. The summed E-state index contributed by atoms with van der Waals surface area (Å²) in [6, 6.07) is 2.88. The molecule has 2 aliphatic heterocycles. The van der Waals surface area contributed by atoms with E-state index in [2.05, 4.69) is 10.3 Å². The van der Waals surface area contributed by atoms with Gasteiger partial charge in [0.25, 0.3) is 0 Å². The highest BCUT2D eigenvalue weighted by molar-refractivity contribution is 6.29. The van der Waals surface area contributed by atoms with Gasteiger partial charge in [0, 0.05) is 13.1 Å². The third-order valence-electron chi connectivity index (χ3n) is 3.71. The molecule has 0 radical (unpaired) electrons. The van der Waals surface area contributed by atoms with E-state index in [4.69, 9.17) is 16.3 Å². The summed E-state index contributed by atoms with van der Waals surface area (Å²) < 4.78 is 5.38. The molecule has 3 heterocycles. The molecule has 1 N–H and O–H groups in total. The van der Waals surface area contributed by atoms with Crippen molar-refractivity contribution >= 4 is 35.1 Å². The lowest BCUT2D eigenvalue weighted by Gasteiger charge is -2.44. The number of nitrogens with zero attached hydrogens (tertiary/aromatic N) is 3. The number of pyridine rings is 1. The molecule has 0 saturated carbocycles. The predicted molar refractivity (Wildman–Crippen MR) is 86.8 cm³/mol. The lowest BCUT2D eigenvalue weighted by Crippen LogP contribution is -2.61. The highest BCUT2D eigenvalue weighted by atomic mass is 35.5. The normalized spacial score (nSPS) is 20.5. The van der Waals surface area contributed by atoms with Crippen LogP contribution in [0.1, 0.15) is 20.8 Å². The van der Waals surface area contributed by atoms with Gasteiger partial charge in [0.1, 0.15) is 16.8 Å². The molecule has 1 unspecified atom stereocenters. The highest BCUT2D eigenvalue weighted by Gasteiger charge is 2.40. The monoisotopic (exact) mass is 338 g/mol. The summed E-state index contributed by atoms with van der Waals surface area (Å²) in [6.45, 7) is 6.67. The van der Waals surface area contributed by atoms with Gasteiger partial charge in [-0.25, -0.2) is 9.78 Å². The molecule has 0 aromatic carbocycles. The first-order valence-electron chi connectivity index (χ1n) is 7.46. The minimum absolute atomic E-state index is 0.158. The molecule has 124 valence electrons. The molecule has 2 aliphatic rings. The average Bonchev–Trinajstić information content (AvgIpc) is 2.46. The zero-order chi connectivity index (χ0) is 16.8.